The fourth-order valence-corrected chi connectivity index (χ4v) is 2.30. The van der Waals surface area contributed by atoms with Crippen molar-refractivity contribution in [1.29, 1.82) is 10.5 Å². The van der Waals surface area contributed by atoms with Gasteiger partial charge in [0, 0.05) is 0 Å². The molecule has 0 aliphatic heterocycles. The van der Waals surface area contributed by atoms with E-state index in [2.05, 4.69) is 9.69 Å². The Morgan fingerprint density at radius 3 is 1.15 bits per heavy atom. The lowest BCUT2D eigenvalue weighted by atomic mass is 9.93. The summed E-state index contributed by atoms with van der Waals surface area (Å²) in [6, 6.07) is 3.82. The van der Waals surface area contributed by atoms with Gasteiger partial charge < -0.3 is 0 Å². The number of rotatable bonds is 0. The standard InChI is InChI=1S/C16H12N4/c1-9-10(2)16(14(8-18)20-6)12(4)11(3)15(9)13(7-17)19-5/h1-4H3. The van der Waals surface area contributed by atoms with Crippen LogP contribution < -0.4 is 10.4 Å². The first-order valence-electron chi connectivity index (χ1n) is 5.84. The molecular formula is C16H12N4. The number of hydrogen-bond acceptors (Lipinski definition) is 2. The van der Waals surface area contributed by atoms with E-state index in [1.807, 2.05) is 39.8 Å². The van der Waals surface area contributed by atoms with E-state index in [1.54, 1.807) is 0 Å². The van der Waals surface area contributed by atoms with Crippen molar-refractivity contribution >= 4 is 11.4 Å². The van der Waals surface area contributed by atoms with Gasteiger partial charge >= 0.3 is 0 Å². The average molecular weight is 260 g/mol. The maximum atomic E-state index is 9.07. The Morgan fingerprint density at radius 1 is 0.750 bits per heavy atom. The molecule has 0 N–H and O–H groups in total. The minimum Gasteiger partial charge on any atom is -0.226 e. The highest BCUT2D eigenvalue weighted by molar-refractivity contribution is 5.72. The van der Waals surface area contributed by atoms with Gasteiger partial charge in [0.05, 0.1) is 25.3 Å². The van der Waals surface area contributed by atoms with Crippen molar-refractivity contribution in [3.8, 4) is 12.1 Å². The van der Waals surface area contributed by atoms with Crippen LogP contribution in [0.2, 0.25) is 0 Å². The first-order chi connectivity index (χ1) is 9.44. The van der Waals surface area contributed by atoms with E-state index in [-0.39, 0.29) is 11.4 Å². The molecule has 0 fully saturated rings. The summed E-state index contributed by atoms with van der Waals surface area (Å²) in [4.78, 5) is 6.54. The van der Waals surface area contributed by atoms with Crippen LogP contribution >= 0.6 is 0 Å². The molecule has 0 saturated carbocycles. The zero-order valence-corrected chi connectivity index (χ0v) is 11.8. The van der Waals surface area contributed by atoms with Gasteiger partial charge in [0.2, 0.25) is 0 Å². The Balaban J connectivity index is 4.35. The summed E-state index contributed by atoms with van der Waals surface area (Å²) < 4.78 is 0. The van der Waals surface area contributed by atoms with Crippen LogP contribution in [0.5, 0.6) is 0 Å². The molecule has 1 rings (SSSR count). The maximum Gasteiger partial charge on any atom is 0.269 e. The summed E-state index contributed by atoms with van der Waals surface area (Å²) in [5.74, 6) is 0. The molecule has 0 radical (unpaired) electrons. The Morgan fingerprint density at radius 2 is 1.00 bits per heavy atom. The van der Waals surface area contributed by atoms with E-state index in [1.165, 1.54) is 0 Å². The third-order valence-corrected chi connectivity index (χ3v) is 3.53. The van der Waals surface area contributed by atoms with Gasteiger partial charge in [-0.2, -0.15) is 0 Å². The summed E-state index contributed by atoms with van der Waals surface area (Å²) >= 11 is 0. The Kier molecular flexibility index (Phi) is 4.27. The number of nitriles is 2. The van der Waals surface area contributed by atoms with Gasteiger partial charge in [-0.05, 0) is 38.1 Å². The molecular weight excluding hydrogens is 248 g/mol. The van der Waals surface area contributed by atoms with Crippen molar-refractivity contribution in [2.24, 2.45) is 0 Å². The predicted molar refractivity (Wildman–Crippen MR) is 75.9 cm³/mol. The molecule has 0 heterocycles. The van der Waals surface area contributed by atoms with Gasteiger partial charge in [0.1, 0.15) is 0 Å². The molecule has 0 amide bonds. The van der Waals surface area contributed by atoms with Crippen LogP contribution in [0.4, 0.5) is 0 Å². The van der Waals surface area contributed by atoms with Gasteiger partial charge in [-0.3, -0.25) is 0 Å². The minimum absolute atomic E-state index is 0.0408. The Hall–Kier alpha value is -3.08. The maximum absolute atomic E-state index is 9.07. The van der Waals surface area contributed by atoms with Crippen LogP contribution in [0.25, 0.3) is 21.1 Å². The smallest absolute Gasteiger partial charge is 0.226 e. The average Bonchev–Trinajstić information content (AvgIpc) is 2.46. The predicted octanol–water partition coefficient (Wildman–Crippen LogP) is 2.02. The van der Waals surface area contributed by atoms with Crippen LogP contribution in [0.3, 0.4) is 0 Å². The van der Waals surface area contributed by atoms with Crippen molar-refractivity contribution in [2.45, 2.75) is 27.7 Å². The van der Waals surface area contributed by atoms with Crippen molar-refractivity contribution < 1.29 is 0 Å². The molecule has 20 heavy (non-hydrogen) atoms. The van der Waals surface area contributed by atoms with Crippen molar-refractivity contribution in [3.05, 3.63) is 55.5 Å². The van der Waals surface area contributed by atoms with Gasteiger partial charge in [-0.25, -0.2) is 20.2 Å². The number of nitrogens with zero attached hydrogens (tertiary/aromatic N) is 4. The topological polar surface area (TPSA) is 56.3 Å². The van der Waals surface area contributed by atoms with Gasteiger partial charge in [-0.15, -0.1) is 0 Å². The van der Waals surface area contributed by atoms with Crippen LogP contribution in [0.15, 0.2) is 0 Å². The first kappa shape index (κ1) is 15.0. The molecule has 1 aromatic carbocycles. The second kappa shape index (κ2) is 5.71. The summed E-state index contributed by atoms with van der Waals surface area (Å²) in [6.45, 7) is 21.4. The van der Waals surface area contributed by atoms with Crippen LogP contribution in [-0.4, -0.2) is 0 Å². The highest BCUT2D eigenvalue weighted by Crippen LogP contribution is 2.09. The largest absolute Gasteiger partial charge is 0.269 e. The lowest BCUT2D eigenvalue weighted by molar-refractivity contribution is 1.16. The van der Waals surface area contributed by atoms with E-state index in [4.69, 9.17) is 23.7 Å². The lowest BCUT2D eigenvalue weighted by Crippen LogP contribution is -2.27. The summed E-state index contributed by atoms with van der Waals surface area (Å²) in [6.07, 6.45) is 0. The quantitative estimate of drug-likeness (QED) is 0.670. The molecule has 4 nitrogen and oxygen atoms in total. The number of hydrogen-bond donors (Lipinski definition) is 0. The third-order valence-electron chi connectivity index (χ3n) is 3.53. The van der Waals surface area contributed by atoms with E-state index in [0.29, 0.717) is 10.4 Å². The Labute approximate surface area is 118 Å². The van der Waals surface area contributed by atoms with Crippen molar-refractivity contribution in [3.63, 3.8) is 0 Å². The number of benzene rings is 1. The van der Waals surface area contributed by atoms with E-state index < -0.39 is 0 Å². The minimum atomic E-state index is 0.0408. The monoisotopic (exact) mass is 260 g/mol. The van der Waals surface area contributed by atoms with E-state index in [0.717, 1.165) is 22.3 Å². The molecule has 96 valence electrons. The van der Waals surface area contributed by atoms with Crippen molar-refractivity contribution in [2.75, 3.05) is 0 Å². The van der Waals surface area contributed by atoms with Crippen molar-refractivity contribution in [1.82, 2.24) is 0 Å². The molecule has 0 aliphatic rings. The molecule has 0 unspecified atom stereocenters. The van der Waals surface area contributed by atoms with Gasteiger partial charge in [0.15, 0.2) is 0 Å². The van der Waals surface area contributed by atoms with Gasteiger partial charge in [-0.1, -0.05) is 22.3 Å². The zero-order chi connectivity index (χ0) is 15.4. The molecule has 0 atom stereocenters. The van der Waals surface area contributed by atoms with Gasteiger partial charge in [0.25, 0.3) is 11.4 Å². The fraction of sp³-hybridized carbons (Fsp3) is 0.250. The third kappa shape index (κ3) is 2.12. The summed E-state index contributed by atoms with van der Waals surface area (Å²) in [5.41, 5.74) is 3.16. The SMILES string of the molecule is [C-]#[N+]C(C#N)=c1c(C)c(C)c(=C(C#N)[N+]#[C-])c(C)c1C. The highest BCUT2D eigenvalue weighted by Gasteiger charge is 2.12. The van der Waals surface area contributed by atoms with E-state index in [9.17, 15) is 0 Å². The van der Waals surface area contributed by atoms with Crippen LogP contribution in [0.1, 0.15) is 22.3 Å². The summed E-state index contributed by atoms with van der Waals surface area (Å²) in [5, 5.41) is 19.4. The normalized spacial score (nSPS) is 8.80. The molecule has 0 saturated heterocycles. The molecule has 4 heteroatoms. The highest BCUT2D eigenvalue weighted by atomic mass is 14.7. The second-order valence-electron chi connectivity index (χ2n) is 4.39. The summed E-state index contributed by atoms with van der Waals surface area (Å²) in [7, 11) is 0. The first-order valence-corrected chi connectivity index (χ1v) is 5.84. The van der Waals surface area contributed by atoms with E-state index >= 15 is 0 Å². The van der Waals surface area contributed by atoms with Crippen LogP contribution in [-0.2, 0) is 0 Å². The van der Waals surface area contributed by atoms with Crippen LogP contribution in [0, 0.1) is 63.5 Å². The fourth-order valence-electron chi connectivity index (χ4n) is 2.30. The second-order valence-corrected chi connectivity index (χ2v) is 4.39. The zero-order valence-electron chi connectivity index (χ0n) is 11.8. The lowest BCUT2D eigenvalue weighted by Gasteiger charge is -2.12. The molecule has 0 aromatic heterocycles. The molecule has 0 bridgehead atoms. The molecule has 1 aromatic rings. The Bertz CT molecular complexity index is 733. The molecule has 0 spiro atoms. The molecule has 0 aliphatic carbocycles.